The van der Waals surface area contributed by atoms with E-state index in [-0.39, 0.29) is 39.3 Å². The van der Waals surface area contributed by atoms with Crippen molar-refractivity contribution in [2.75, 3.05) is 4.81 Å². The Balaban J connectivity index is 1.24. The molecule has 0 saturated heterocycles. The van der Waals surface area contributed by atoms with Crippen LogP contribution in [0.4, 0.5) is 11.4 Å². The fraction of sp³-hybridized carbons (Fsp3) is 0.354. The van der Waals surface area contributed by atoms with Crippen LogP contribution in [0.25, 0.3) is 71.7 Å². The molecule has 4 heterocycles. The number of fused-ring (bicyclic) bond motifs is 17. The Bertz CT molecular complexity index is 3750. The predicted octanol–water partition coefficient (Wildman–Crippen LogP) is 16.5. The van der Waals surface area contributed by atoms with Gasteiger partial charge in [0.05, 0.1) is 11.0 Å². The summed E-state index contributed by atoms with van der Waals surface area (Å²) in [7, 11) is 0. The molecule has 0 amide bonds. The quantitative estimate of drug-likeness (QED) is 0.153. The summed E-state index contributed by atoms with van der Waals surface area (Å²) in [5, 5.41) is 4.97. The number of furan rings is 1. The number of para-hydroxylation sites is 1. The van der Waals surface area contributed by atoms with E-state index >= 15 is 0 Å². The highest BCUT2D eigenvalue weighted by Crippen LogP contribution is 2.59. The minimum absolute atomic E-state index is 0.0226. The van der Waals surface area contributed by atoms with E-state index in [9.17, 15) is 0 Å². The van der Waals surface area contributed by atoms with Crippen LogP contribution in [0.1, 0.15) is 156 Å². The Kier molecular flexibility index (Phi) is 8.26. The molecular weight excluding hydrogens is 836 g/mol. The second kappa shape index (κ2) is 13.2. The van der Waals surface area contributed by atoms with Gasteiger partial charge in [-0.25, -0.2) is 0 Å². The first-order valence-electron chi connectivity index (χ1n) is 25.8. The second-order valence-electron chi connectivity index (χ2n) is 26.5. The monoisotopic (exact) mass is 903 g/mol. The molecule has 2 aromatic heterocycles. The Morgan fingerprint density at radius 2 is 1.12 bits per heavy atom. The van der Waals surface area contributed by atoms with Crippen molar-refractivity contribution in [1.29, 1.82) is 0 Å². The summed E-state index contributed by atoms with van der Waals surface area (Å²) < 4.78 is 10.1. The number of benzene rings is 7. The van der Waals surface area contributed by atoms with Gasteiger partial charge in [-0.1, -0.05) is 158 Å². The summed E-state index contributed by atoms with van der Waals surface area (Å²) in [6.07, 6.45) is 2.39. The van der Waals surface area contributed by atoms with E-state index in [1.165, 1.54) is 135 Å². The van der Waals surface area contributed by atoms with Gasteiger partial charge in [0, 0.05) is 55.1 Å². The Hall–Kier alpha value is -6.00. The van der Waals surface area contributed by atoms with Gasteiger partial charge in [-0.15, -0.1) is 0 Å². The van der Waals surface area contributed by atoms with Gasteiger partial charge < -0.3 is 13.8 Å². The molecule has 9 aromatic rings. The van der Waals surface area contributed by atoms with Crippen LogP contribution in [0.5, 0.6) is 0 Å². The van der Waals surface area contributed by atoms with Gasteiger partial charge in [0.1, 0.15) is 11.2 Å². The van der Waals surface area contributed by atoms with Crippen molar-refractivity contribution >= 4 is 72.9 Å². The van der Waals surface area contributed by atoms with E-state index in [2.05, 4.69) is 222 Å². The van der Waals surface area contributed by atoms with E-state index in [0.29, 0.717) is 0 Å². The average Bonchev–Trinajstić information content (AvgIpc) is 3.91. The van der Waals surface area contributed by atoms with Crippen LogP contribution in [0.15, 0.2) is 114 Å². The molecule has 346 valence electrons. The maximum absolute atomic E-state index is 7.43. The van der Waals surface area contributed by atoms with Crippen LogP contribution >= 0.6 is 0 Å². The van der Waals surface area contributed by atoms with E-state index in [0.717, 1.165) is 11.2 Å². The zero-order valence-electron chi connectivity index (χ0n) is 43.7. The molecule has 4 aliphatic rings. The third-order valence-electron chi connectivity index (χ3n) is 17.7. The van der Waals surface area contributed by atoms with Crippen LogP contribution in [-0.2, 0) is 32.5 Å². The number of hydrogen-bond acceptors (Lipinski definition) is 2. The maximum Gasteiger partial charge on any atom is 0.333 e. The average molecular weight is 903 g/mol. The number of nitrogens with zero attached hydrogens (tertiary/aromatic N) is 2. The molecule has 4 heteroatoms. The van der Waals surface area contributed by atoms with Crippen LogP contribution in [0.2, 0.25) is 0 Å². The first-order valence-corrected chi connectivity index (χ1v) is 25.8. The smallest absolute Gasteiger partial charge is 0.333 e. The topological polar surface area (TPSA) is 21.3 Å². The fourth-order valence-electron chi connectivity index (χ4n) is 13.4. The molecule has 0 fully saturated rings. The highest BCUT2D eigenvalue weighted by Gasteiger charge is 2.49. The van der Waals surface area contributed by atoms with E-state index < -0.39 is 0 Å². The van der Waals surface area contributed by atoms with Crippen LogP contribution in [0.3, 0.4) is 0 Å². The summed E-state index contributed by atoms with van der Waals surface area (Å²) >= 11 is 0. The van der Waals surface area contributed by atoms with Crippen LogP contribution < -0.4 is 15.7 Å². The maximum atomic E-state index is 7.43. The molecule has 0 bridgehead atoms. The standard InChI is InChI=1S/C65H67BN2O/c1-60(2,3)36-20-24-39(25-21-36)68-52-35-46-41(42-33-47-48(34-45(42)65(46,14)15)64(12,13)29-28-63(47,10)11)32-44(52)56-57-58-54(55-40-18-16-17-19-53(40)69-59(55)56)43-30-37(61(4,5)6)22-26-50(43)67(58)51-27-23-38(62(7,8)9)31-49(51)66(57)68/h16-27,30-35H,28-29H2,1-15H3. The van der Waals surface area contributed by atoms with Gasteiger partial charge in [-0.2, -0.15) is 0 Å². The van der Waals surface area contributed by atoms with Crippen molar-refractivity contribution in [3.63, 3.8) is 0 Å². The van der Waals surface area contributed by atoms with E-state index in [1.54, 1.807) is 0 Å². The molecule has 7 aromatic carbocycles. The molecule has 3 nitrogen and oxygen atoms in total. The third kappa shape index (κ3) is 5.69. The molecular formula is C65H67BN2O. The number of aromatic nitrogens is 1. The van der Waals surface area contributed by atoms with E-state index in [4.69, 9.17) is 4.42 Å². The van der Waals surface area contributed by atoms with Crippen molar-refractivity contribution in [2.24, 2.45) is 0 Å². The van der Waals surface area contributed by atoms with Crippen molar-refractivity contribution < 1.29 is 4.42 Å². The first kappa shape index (κ1) is 43.1. The number of hydrogen-bond donors (Lipinski definition) is 0. The summed E-state index contributed by atoms with van der Waals surface area (Å²) in [6, 6.07) is 43.5. The lowest BCUT2D eigenvalue weighted by molar-refractivity contribution is 0.331. The Labute approximate surface area is 410 Å². The van der Waals surface area contributed by atoms with Gasteiger partial charge >= 0.3 is 6.85 Å². The second-order valence-corrected chi connectivity index (χ2v) is 26.5. The molecule has 69 heavy (non-hydrogen) atoms. The predicted molar refractivity (Wildman–Crippen MR) is 296 cm³/mol. The normalized spacial score (nSPS) is 17.4. The van der Waals surface area contributed by atoms with Crippen LogP contribution in [-0.4, -0.2) is 11.4 Å². The van der Waals surface area contributed by atoms with Gasteiger partial charge in [-0.3, -0.25) is 0 Å². The lowest BCUT2D eigenvalue weighted by Crippen LogP contribution is -2.60. The molecule has 0 unspecified atom stereocenters. The molecule has 0 saturated carbocycles. The summed E-state index contributed by atoms with van der Waals surface area (Å²) in [4.78, 5) is 2.74. The molecule has 0 N–H and O–H groups in total. The van der Waals surface area contributed by atoms with Gasteiger partial charge in [0.15, 0.2) is 0 Å². The lowest BCUT2D eigenvalue weighted by Gasteiger charge is -2.43. The highest BCUT2D eigenvalue weighted by molar-refractivity contribution is 6.94. The van der Waals surface area contributed by atoms with Gasteiger partial charge in [-0.05, 0) is 156 Å². The molecule has 0 radical (unpaired) electrons. The molecule has 2 aliphatic carbocycles. The molecule has 13 rings (SSSR count). The van der Waals surface area contributed by atoms with Gasteiger partial charge in [0.2, 0.25) is 0 Å². The molecule has 0 spiro atoms. The molecule has 2 aliphatic heterocycles. The SMILES string of the molecule is CC(C)(C)c1ccc(N2B3c4cc(C(C)(C)C)ccc4-n4c5ccc(C(C)(C)C)cc5c5c6c(oc7ccccc76)c(c3c54)-c3cc4c(cc32)C(C)(C)c2cc3c(cc2-4)C(C)(C)CCC3(C)C)cc1. The van der Waals surface area contributed by atoms with Crippen LogP contribution in [0, 0.1) is 0 Å². The molecule has 0 atom stereocenters. The lowest BCUT2D eigenvalue weighted by atomic mass is 9.43. The summed E-state index contributed by atoms with van der Waals surface area (Å²) in [6.45, 7) is 35.7. The third-order valence-corrected chi connectivity index (χ3v) is 17.7. The summed E-state index contributed by atoms with van der Waals surface area (Å²) in [5.41, 5.74) is 25.9. The summed E-state index contributed by atoms with van der Waals surface area (Å²) in [5.74, 6) is 0. The highest BCUT2D eigenvalue weighted by atomic mass is 16.3. The number of anilines is 2. The minimum atomic E-state index is -0.214. The van der Waals surface area contributed by atoms with Crippen molar-refractivity contribution in [2.45, 2.75) is 149 Å². The van der Waals surface area contributed by atoms with Gasteiger partial charge in [0.25, 0.3) is 0 Å². The van der Waals surface area contributed by atoms with Crippen molar-refractivity contribution in [3.05, 3.63) is 148 Å². The van der Waals surface area contributed by atoms with Crippen molar-refractivity contribution in [1.82, 2.24) is 4.57 Å². The number of rotatable bonds is 1. The zero-order valence-corrected chi connectivity index (χ0v) is 43.7. The Morgan fingerprint density at radius 3 is 1.80 bits per heavy atom. The largest absolute Gasteiger partial charge is 0.455 e. The Morgan fingerprint density at radius 1 is 0.522 bits per heavy atom. The van der Waals surface area contributed by atoms with E-state index in [1.807, 2.05) is 0 Å². The minimum Gasteiger partial charge on any atom is -0.455 e. The zero-order chi connectivity index (χ0) is 48.4. The first-order chi connectivity index (χ1) is 32.4. The van der Waals surface area contributed by atoms with Crippen molar-refractivity contribution in [3.8, 4) is 27.9 Å². The fourth-order valence-corrected chi connectivity index (χ4v) is 13.4.